The quantitative estimate of drug-likeness (QED) is 0.430. The maximum absolute atomic E-state index is 11.9. The fourth-order valence-corrected chi connectivity index (χ4v) is 4.78. The van der Waals surface area contributed by atoms with E-state index in [1.54, 1.807) is 12.1 Å². The van der Waals surface area contributed by atoms with Crippen molar-refractivity contribution in [2.24, 2.45) is 0 Å². The number of hydrogen-bond donors (Lipinski definition) is 4. The molecule has 0 saturated heterocycles. The van der Waals surface area contributed by atoms with Crippen molar-refractivity contribution < 1.29 is 28.3 Å². The van der Waals surface area contributed by atoms with Gasteiger partial charge in [-0.3, -0.25) is 14.1 Å². The molecule has 2 atom stereocenters. The number of aromatic nitrogens is 1. The van der Waals surface area contributed by atoms with Crippen LogP contribution in [-0.2, 0) is 20.1 Å². The van der Waals surface area contributed by atoms with Crippen LogP contribution in [0.5, 0.6) is 0 Å². The number of rotatable bonds is 7. The summed E-state index contributed by atoms with van der Waals surface area (Å²) in [6.45, 7) is -0.166. The van der Waals surface area contributed by atoms with Crippen LogP contribution in [0.1, 0.15) is 5.56 Å². The molecule has 0 bridgehead atoms. The number of nitrogens with zero attached hydrogens (tertiary/aromatic N) is 1. The zero-order valence-electron chi connectivity index (χ0n) is 10.3. The summed E-state index contributed by atoms with van der Waals surface area (Å²) in [7, 11) is -9.24. The first-order valence-electron chi connectivity index (χ1n) is 5.29. The molecule has 116 valence electrons. The minimum absolute atomic E-state index is 0. The Bertz CT molecular complexity index is 498. The topological polar surface area (TPSA) is 117 Å². The van der Waals surface area contributed by atoms with Gasteiger partial charge < -0.3 is 19.2 Å². The molecule has 0 aromatic carbocycles. The third-order valence-electron chi connectivity index (χ3n) is 2.27. The summed E-state index contributed by atoms with van der Waals surface area (Å²) in [5.74, 6) is 0.172. The summed E-state index contributed by atoms with van der Waals surface area (Å²) in [6.07, 6.45) is 2.58. The highest BCUT2D eigenvalue weighted by atomic mass is 35.5. The van der Waals surface area contributed by atoms with Gasteiger partial charge in [0.2, 0.25) is 0 Å². The largest absolute Gasteiger partial charge is 0.343 e. The van der Waals surface area contributed by atoms with Crippen LogP contribution in [-0.4, -0.2) is 37.4 Å². The Balaban J connectivity index is 0.00000361. The van der Waals surface area contributed by atoms with Crippen molar-refractivity contribution in [3.8, 4) is 0 Å². The summed E-state index contributed by atoms with van der Waals surface area (Å²) in [4.78, 5) is 31.9. The Hall–Kier alpha value is 0.0900. The van der Waals surface area contributed by atoms with Crippen molar-refractivity contribution in [3.63, 3.8) is 0 Å². The molecule has 0 fully saturated rings. The van der Waals surface area contributed by atoms with Gasteiger partial charge in [0.25, 0.3) is 0 Å². The van der Waals surface area contributed by atoms with Crippen LogP contribution in [0.15, 0.2) is 24.5 Å². The average molecular weight is 364 g/mol. The van der Waals surface area contributed by atoms with E-state index in [9.17, 15) is 23.8 Å². The Morgan fingerprint density at radius 1 is 1.35 bits per heavy atom. The summed E-state index contributed by atoms with van der Waals surface area (Å²) in [5, 5.41) is -1.80. The lowest BCUT2D eigenvalue weighted by atomic mass is 10.2. The molecule has 0 spiro atoms. The Kier molecular flexibility index (Phi) is 8.55. The standard InChI is InChI=1S/C9H15NO6P2S.ClH/c11-17(12,13)9(18(14,15)16-4-5-19)6-8-2-1-3-10-7-8;/h1-3,7,9,19H,4-6H2,(H,14,15)(H2,11,12,13);1H. The first-order chi connectivity index (χ1) is 8.77. The molecule has 0 radical (unpaired) electrons. The van der Waals surface area contributed by atoms with Crippen LogP contribution in [0.2, 0.25) is 0 Å². The zero-order chi connectivity index (χ0) is 14.5. The molecule has 0 aliphatic heterocycles. The van der Waals surface area contributed by atoms with Gasteiger partial charge in [-0.25, -0.2) is 0 Å². The van der Waals surface area contributed by atoms with Crippen molar-refractivity contribution in [2.45, 2.75) is 11.8 Å². The molecule has 2 unspecified atom stereocenters. The highest BCUT2D eigenvalue weighted by Crippen LogP contribution is 2.63. The predicted octanol–water partition coefficient (Wildman–Crippen LogP) is 1.68. The Morgan fingerprint density at radius 2 is 2.00 bits per heavy atom. The molecule has 1 aromatic rings. The minimum atomic E-state index is -4.79. The molecule has 0 aliphatic rings. The van der Waals surface area contributed by atoms with E-state index in [0.29, 0.717) is 5.56 Å². The lowest BCUT2D eigenvalue weighted by Gasteiger charge is -2.23. The summed E-state index contributed by atoms with van der Waals surface area (Å²) < 4.78 is 28.0. The molecule has 1 rings (SSSR count). The van der Waals surface area contributed by atoms with Crippen LogP contribution < -0.4 is 0 Å². The minimum Gasteiger partial charge on any atom is -0.324 e. The molecule has 0 amide bonds. The molecule has 1 heterocycles. The molecule has 3 N–H and O–H groups in total. The highest BCUT2D eigenvalue weighted by molar-refractivity contribution is 7.80. The molecular formula is C9H16ClNO6P2S. The second-order valence-corrected chi connectivity index (χ2v) is 8.42. The second kappa shape index (κ2) is 8.51. The number of thiol groups is 1. The van der Waals surface area contributed by atoms with E-state index in [1.165, 1.54) is 12.4 Å². The monoisotopic (exact) mass is 363 g/mol. The average Bonchev–Trinajstić information content (AvgIpc) is 2.33. The van der Waals surface area contributed by atoms with E-state index in [1.807, 2.05) is 0 Å². The SMILES string of the molecule is Cl.O=P(O)(O)C(Cc1cccnc1)P(=O)(O)OCCS. The predicted molar refractivity (Wildman–Crippen MR) is 80.7 cm³/mol. The van der Waals surface area contributed by atoms with E-state index < -0.39 is 20.6 Å². The molecule has 7 nitrogen and oxygen atoms in total. The van der Waals surface area contributed by atoms with Gasteiger partial charge in [0.15, 0.2) is 5.40 Å². The van der Waals surface area contributed by atoms with Crippen molar-refractivity contribution in [1.29, 1.82) is 0 Å². The second-order valence-electron chi connectivity index (χ2n) is 3.76. The fraction of sp³-hybridized carbons (Fsp3) is 0.444. The molecule has 1 aromatic heterocycles. The van der Waals surface area contributed by atoms with Gasteiger partial charge >= 0.3 is 15.2 Å². The summed E-state index contributed by atoms with van der Waals surface area (Å²) in [5.41, 5.74) is 0.444. The molecule has 20 heavy (non-hydrogen) atoms. The molecule has 11 heteroatoms. The van der Waals surface area contributed by atoms with E-state index in [-0.39, 0.29) is 31.2 Å². The van der Waals surface area contributed by atoms with Crippen molar-refractivity contribution in [3.05, 3.63) is 30.1 Å². The number of pyridine rings is 1. The van der Waals surface area contributed by atoms with Gasteiger partial charge in [-0.05, 0) is 18.1 Å². The first-order valence-corrected chi connectivity index (χ1v) is 9.25. The van der Waals surface area contributed by atoms with Gasteiger partial charge in [0.1, 0.15) is 0 Å². The number of hydrogen-bond acceptors (Lipinski definition) is 5. The lowest BCUT2D eigenvalue weighted by Crippen LogP contribution is -2.15. The van der Waals surface area contributed by atoms with Gasteiger partial charge in [-0.1, -0.05) is 6.07 Å². The number of halogens is 1. The summed E-state index contributed by atoms with van der Waals surface area (Å²) >= 11 is 3.81. The maximum Gasteiger partial charge on any atom is 0.343 e. The van der Waals surface area contributed by atoms with Gasteiger partial charge in [0.05, 0.1) is 6.61 Å². The zero-order valence-corrected chi connectivity index (χ0v) is 13.8. The third kappa shape index (κ3) is 6.24. The van der Waals surface area contributed by atoms with E-state index in [4.69, 9.17) is 0 Å². The van der Waals surface area contributed by atoms with Gasteiger partial charge in [-0.2, -0.15) is 12.6 Å². The van der Waals surface area contributed by atoms with Crippen molar-refractivity contribution >= 4 is 40.2 Å². The van der Waals surface area contributed by atoms with Crippen molar-refractivity contribution in [2.75, 3.05) is 12.4 Å². The summed E-state index contributed by atoms with van der Waals surface area (Å²) in [6, 6.07) is 3.14. The van der Waals surface area contributed by atoms with E-state index in [0.717, 1.165) is 0 Å². The first kappa shape index (κ1) is 20.1. The fourth-order valence-electron chi connectivity index (χ4n) is 1.41. The normalized spacial score (nSPS) is 16.0. The Morgan fingerprint density at radius 3 is 2.45 bits per heavy atom. The van der Waals surface area contributed by atoms with Crippen molar-refractivity contribution in [1.82, 2.24) is 4.98 Å². The van der Waals surface area contributed by atoms with Crippen LogP contribution in [0.25, 0.3) is 0 Å². The molecular weight excluding hydrogens is 348 g/mol. The van der Waals surface area contributed by atoms with Crippen LogP contribution in [0.4, 0.5) is 0 Å². The maximum atomic E-state index is 11.9. The van der Waals surface area contributed by atoms with E-state index in [2.05, 4.69) is 22.1 Å². The van der Waals surface area contributed by atoms with Crippen LogP contribution in [0.3, 0.4) is 0 Å². The third-order valence-corrected chi connectivity index (χ3v) is 6.68. The van der Waals surface area contributed by atoms with Crippen LogP contribution >= 0.6 is 40.2 Å². The highest BCUT2D eigenvalue weighted by Gasteiger charge is 2.45. The van der Waals surface area contributed by atoms with Gasteiger partial charge in [0, 0.05) is 18.1 Å². The molecule has 0 aliphatic carbocycles. The molecule has 0 saturated carbocycles. The van der Waals surface area contributed by atoms with Gasteiger partial charge in [-0.15, -0.1) is 12.4 Å². The smallest absolute Gasteiger partial charge is 0.324 e. The van der Waals surface area contributed by atoms with E-state index >= 15 is 0 Å². The van der Waals surface area contributed by atoms with Crippen LogP contribution in [0, 0.1) is 0 Å². The lowest BCUT2D eigenvalue weighted by molar-refractivity contribution is 0.266. The Labute approximate surface area is 128 Å².